The van der Waals surface area contributed by atoms with Crippen LogP contribution in [0, 0.1) is 0 Å². The zero-order valence-electron chi connectivity index (χ0n) is 14.3. The minimum absolute atomic E-state index is 0.241. The first-order valence-corrected chi connectivity index (χ1v) is 8.91. The van der Waals surface area contributed by atoms with E-state index >= 15 is 0 Å². The molecule has 0 radical (unpaired) electrons. The molecule has 1 amide bonds. The van der Waals surface area contributed by atoms with E-state index in [1.54, 1.807) is 23.2 Å². The highest BCUT2D eigenvalue weighted by atomic mass is 32.1. The summed E-state index contributed by atoms with van der Waals surface area (Å²) in [6, 6.07) is 1.93. The van der Waals surface area contributed by atoms with Crippen molar-refractivity contribution in [2.45, 2.75) is 52.1 Å². The second-order valence-corrected chi connectivity index (χ2v) is 7.64. The highest BCUT2D eigenvalue weighted by molar-refractivity contribution is 7.10. The first-order valence-electron chi connectivity index (χ1n) is 8.03. The lowest BCUT2D eigenvalue weighted by molar-refractivity contribution is 0.0205. The molecule has 1 saturated heterocycles. The molecule has 23 heavy (non-hydrogen) atoms. The van der Waals surface area contributed by atoms with Crippen molar-refractivity contribution in [3.8, 4) is 0 Å². The van der Waals surface area contributed by atoms with Gasteiger partial charge in [0.15, 0.2) is 0 Å². The summed E-state index contributed by atoms with van der Waals surface area (Å²) in [6.45, 7) is 9.19. The number of amides is 1. The number of piperidine rings is 1. The normalized spacial score (nSPS) is 16.3. The molecule has 1 aliphatic heterocycles. The van der Waals surface area contributed by atoms with Crippen LogP contribution in [0.1, 0.15) is 61.7 Å². The van der Waals surface area contributed by atoms with E-state index in [2.05, 4.69) is 0 Å². The summed E-state index contributed by atoms with van der Waals surface area (Å²) >= 11 is 1.59. The lowest BCUT2D eigenvalue weighted by Crippen LogP contribution is -2.41. The van der Waals surface area contributed by atoms with E-state index in [0.29, 0.717) is 31.2 Å². The summed E-state index contributed by atoms with van der Waals surface area (Å²) in [5, 5.41) is 1.85. The molecule has 0 saturated carbocycles. The fourth-order valence-electron chi connectivity index (χ4n) is 2.56. The van der Waals surface area contributed by atoms with E-state index in [-0.39, 0.29) is 12.1 Å². The van der Waals surface area contributed by atoms with Gasteiger partial charge >= 0.3 is 12.1 Å². The molecule has 0 aliphatic carbocycles. The Kier molecular flexibility index (Phi) is 5.68. The smallest absolute Gasteiger partial charge is 0.410 e. The minimum Gasteiger partial charge on any atom is -0.462 e. The molecule has 0 unspecified atom stereocenters. The Morgan fingerprint density at radius 3 is 2.52 bits per heavy atom. The Hall–Kier alpha value is -1.56. The summed E-state index contributed by atoms with van der Waals surface area (Å²) in [7, 11) is 0. The zero-order chi connectivity index (χ0) is 17.0. The maximum Gasteiger partial charge on any atom is 0.410 e. The molecule has 5 nitrogen and oxygen atoms in total. The summed E-state index contributed by atoms with van der Waals surface area (Å²) < 4.78 is 10.4. The van der Waals surface area contributed by atoms with E-state index < -0.39 is 5.60 Å². The van der Waals surface area contributed by atoms with Crippen molar-refractivity contribution in [3.63, 3.8) is 0 Å². The van der Waals surface area contributed by atoms with Gasteiger partial charge in [-0.3, -0.25) is 0 Å². The van der Waals surface area contributed by atoms with Crippen LogP contribution in [0.25, 0.3) is 0 Å². The van der Waals surface area contributed by atoms with Gasteiger partial charge in [-0.2, -0.15) is 0 Å². The van der Waals surface area contributed by atoms with Crippen molar-refractivity contribution in [2.75, 3.05) is 19.7 Å². The molecule has 2 heterocycles. The molecule has 6 heteroatoms. The summed E-state index contributed by atoms with van der Waals surface area (Å²) in [5.74, 6) is 0.128. The van der Waals surface area contributed by atoms with Gasteiger partial charge in [0, 0.05) is 23.3 Å². The molecular formula is C17H25NO4S. The maximum absolute atomic E-state index is 12.1. The number of hydrogen-bond acceptors (Lipinski definition) is 5. The number of carbonyl (C=O) groups is 2. The second kappa shape index (κ2) is 7.34. The fraction of sp³-hybridized carbons (Fsp3) is 0.647. The number of nitrogens with zero attached hydrogens (tertiary/aromatic N) is 1. The topological polar surface area (TPSA) is 55.8 Å². The molecule has 0 spiro atoms. The van der Waals surface area contributed by atoms with Crippen LogP contribution in [0.4, 0.5) is 4.79 Å². The molecule has 0 bridgehead atoms. The zero-order valence-corrected chi connectivity index (χ0v) is 15.1. The lowest BCUT2D eigenvalue weighted by Gasteiger charge is -2.33. The predicted molar refractivity (Wildman–Crippen MR) is 90.1 cm³/mol. The van der Waals surface area contributed by atoms with Crippen LogP contribution >= 0.6 is 11.3 Å². The van der Waals surface area contributed by atoms with Crippen LogP contribution in [0.5, 0.6) is 0 Å². The third kappa shape index (κ3) is 4.96. The number of ether oxygens (including phenoxy) is 2. The van der Waals surface area contributed by atoms with E-state index in [1.807, 2.05) is 32.2 Å². The standard InChI is InChI=1S/C17H25NO4S/c1-5-21-15(19)13-10-14(23-11-13)12-6-8-18(9-7-12)16(20)22-17(2,3)4/h10-12H,5-9H2,1-4H3. The van der Waals surface area contributed by atoms with Gasteiger partial charge in [0.25, 0.3) is 0 Å². The van der Waals surface area contributed by atoms with Gasteiger partial charge in [0.05, 0.1) is 12.2 Å². The van der Waals surface area contributed by atoms with Gasteiger partial charge in [-0.25, -0.2) is 9.59 Å². The highest BCUT2D eigenvalue weighted by Crippen LogP contribution is 2.33. The predicted octanol–water partition coefficient (Wildman–Crippen LogP) is 4.04. The van der Waals surface area contributed by atoms with Gasteiger partial charge in [0.1, 0.15) is 5.60 Å². The maximum atomic E-state index is 12.1. The highest BCUT2D eigenvalue weighted by Gasteiger charge is 2.28. The number of hydrogen-bond donors (Lipinski definition) is 0. The van der Waals surface area contributed by atoms with Crippen LogP contribution in [-0.2, 0) is 9.47 Å². The molecule has 128 valence electrons. The van der Waals surface area contributed by atoms with Crippen LogP contribution in [0.15, 0.2) is 11.4 Å². The fourth-order valence-corrected chi connectivity index (χ4v) is 3.61. The van der Waals surface area contributed by atoms with Crippen molar-refractivity contribution < 1.29 is 19.1 Å². The van der Waals surface area contributed by atoms with E-state index in [9.17, 15) is 9.59 Å². The van der Waals surface area contributed by atoms with Crippen molar-refractivity contribution in [1.82, 2.24) is 4.90 Å². The molecule has 1 aromatic heterocycles. The molecule has 1 aromatic rings. The third-order valence-electron chi connectivity index (χ3n) is 3.68. The van der Waals surface area contributed by atoms with Crippen molar-refractivity contribution in [2.24, 2.45) is 0 Å². The molecule has 1 fully saturated rings. The monoisotopic (exact) mass is 339 g/mol. The van der Waals surface area contributed by atoms with E-state index in [1.165, 1.54) is 4.88 Å². The Balaban J connectivity index is 1.89. The molecule has 1 aliphatic rings. The molecular weight excluding hydrogens is 314 g/mol. The summed E-state index contributed by atoms with van der Waals surface area (Å²) in [4.78, 5) is 26.8. The van der Waals surface area contributed by atoms with Crippen molar-refractivity contribution in [3.05, 3.63) is 21.9 Å². The van der Waals surface area contributed by atoms with E-state index in [4.69, 9.17) is 9.47 Å². The molecule has 0 aromatic carbocycles. The number of likely N-dealkylation sites (tertiary alicyclic amines) is 1. The van der Waals surface area contributed by atoms with E-state index in [0.717, 1.165) is 12.8 Å². The summed E-state index contributed by atoms with van der Waals surface area (Å²) in [6.07, 6.45) is 1.54. The van der Waals surface area contributed by atoms with Gasteiger partial charge in [0.2, 0.25) is 0 Å². The second-order valence-electron chi connectivity index (χ2n) is 6.70. The Bertz CT molecular complexity index is 553. The quantitative estimate of drug-likeness (QED) is 0.780. The number of thiophene rings is 1. The Morgan fingerprint density at radius 2 is 1.96 bits per heavy atom. The SMILES string of the molecule is CCOC(=O)c1csc(C2CCN(C(=O)OC(C)(C)C)CC2)c1. The molecule has 2 rings (SSSR count). The minimum atomic E-state index is -0.462. The molecule has 0 atom stereocenters. The van der Waals surface area contributed by atoms with Crippen molar-refractivity contribution >= 4 is 23.4 Å². The average Bonchev–Trinajstić information content (AvgIpc) is 2.96. The number of esters is 1. The average molecular weight is 339 g/mol. The van der Waals surface area contributed by atoms with Gasteiger partial charge in [-0.1, -0.05) is 0 Å². The van der Waals surface area contributed by atoms with Gasteiger partial charge < -0.3 is 14.4 Å². The largest absolute Gasteiger partial charge is 0.462 e. The van der Waals surface area contributed by atoms with Gasteiger partial charge in [-0.05, 0) is 52.5 Å². The van der Waals surface area contributed by atoms with Crippen LogP contribution in [0.2, 0.25) is 0 Å². The Labute approximate surface area is 141 Å². The summed E-state index contributed by atoms with van der Waals surface area (Å²) in [5.41, 5.74) is 0.164. The van der Waals surface area contributed by atoms with Crippen LogP contribution < -0.4 is 0 Å². The first-order chi connectivity index (χ1) is 10.8. The Morgan fingerprint density at radius 1 is 1.30 bits per heavy atom. The van der Waals surface area contributed by atoms with Crippen LogP contribution in [-0.4, -0.2) is 42.3 Å². The van der Waals surface area contributed by atoms with Crippen LogP contribution in [0.3, 0.4) is 0 Å². The number of rotatable bonds is 3. The van der Waals surface area contributed by atoms with Gasteiger partial charge in [-0.15, -0.1) is 11.3 Å². The third-order valence-corrected chi connectivity index (χ3v) is 4.78. The number of carbonyl (C=O) groups excluding carboxylic acids is 2. The lowest BCUT2D eigenvalue weighted by atomic mass is 9.95. The molecule has 0 N–H and O–H groups in total. The first kappa shape index (κ1) is 17.8. The van der Waals surface area contributed by atoms with Crippen molar-refractivity contribution in [1.29, 1.82) is 0 Å².